The second kappa shape index (κ2) is 11.3. The van der Waals surface area contributed by atoms with Gasteiger partial charge in [-0.2, -0.15) is 10.1 Å². The van der Waals surface area contributed by atoms with E-state index in [-0.39, 0.29) is 16.9 Å². The van der Waals surface area contributed by atoms with Gasteiger partial charge in [0.1, 0.15) is 11.0 Å². The summed E-state index contributed by atoms with van der Waals surface area (Å²) >= 11 is 6.00. The third-order valence-electron chi connectivity index (χ3n) is 6.80. The van der Waals surface area contributed by atoms with Crippen LogP contribution in [0.2, 0.25) is 5.02 Å². The first kappa shape index (κ1) is 27.1. The van der Waals surface area contributed by atoms with Crippen LogP contribution in [0.5, 0.6) is 5.88 Å². The summed E-state index contributed by atoms with van der Waals surface area (Å²) in [4.78, 5) is 11.4. The quantitative estimate of drug-likeness (QED) is 0.315. The van der Waals surface area contributed by atoms with E-state index in [2.05, 4.69) is 36.8 Å². The molecule has 1 atom stereocenters. The Balaban J connectivity index is 1.36. The molecule has 1 aliphatic rings. The molecule has 204 valence electrons. The molecule has 2 aromatic carbocycles. The van der Waals surface area contributed by atoms with Crippen LogP contribution in [0, 0.1) is 13.8 Å². The average molecular weight is 567 g/mol. The molecule has 0 bridgehead atoms. The van der Waals surface area contributed by atoms with E-state index in [0.29, 0.717) is 11.6 Å². The fourth-order valence-corrected chi connectivity index (χ4v) is 5.85. The average Bonchev–Trinajstić information content (AvgIpc) is 3.52. The minimum Gasteiger partial charge on any atom is -0.473 e. The van der Waals surface area contributed by atoms with E-state index in [9.17, 15) is 8.42 Å². The van der Waals surface area contributed by atoms with Gasteiger partial charge in [0, 0.05) is 49.5 Å². The second-order valence-electron chi connectivity index (χ2n) is 9.84. The van der Waals surface area contributed by atoms with Crippen molar-refractivity contribution in [1.82, 2.24) is 24.6 Å². The van der Waals surface area contributed by atoms with Crippen LogP contribution in [0.4, 0.5) is 5.95 Å². The van der Waals surface area contributed by atoms with Crippen LogP contribution >= 0.6 is 11.6 Å². The SMILES string of the molecule is Cc1cccc(C)c1-c1cc(OC2CCN(CCc3ccc(Cl)cc3)C2)nc(NS(=O)(=O)c2cnn(C)c2)n1. The van der Waals surface area contributed by atoms with Crippen molar-refractivity contribution in [3.63, 3.8) is 0 Å². The molecule has 1 saturated heterocycles. The van der Waals surface area contributed by atoms with Gasteiger partial charge in [0.25, 0.3) is 10.0 Å². The Morgan fingerprint density at radius 2 is 1.85 bits per heavy atom. The van der Waals surface area contributed by atoms with Gasteiger partial charge < -0.3 is 4.74 Å². The van der Waals surface area contributed by atoms with Crippen molar-refractivity contribution in [3.05, 3.63) is 82.6 Å². The summed E-state index contributed by atoms with van der Waals surface area (Å²) in [7, 11) is -2.28. The number of anilines is 1. The number of aryl methyl sites for hydroxylation is 3. The van der Waals surface area contributed by atoms with Crippen LogP contribution in [-0.2, 0) is 23.5 Å². The highest BCUT2D eigenvalue weighted by Crippen LogP contribution is 2.30. The van der Waals surface area contributed by atoms with Crippen LogP contribution in [-0.4, -0.2) is 58.8 Å². The number of ether oxygens (including phenoxy) is 1. The summed E-state index contributed by atoms with van der Waals surface area (Å²) in [6.07, 6.45) is 4.41. The van der Waals surface area contributed by atoms with E-state index in [1.807, 2.05) is 44.2 Å². The standard InChI is InChI=1S/C28H31ClN6O3S/c1-19-5-4-6-20(2)27(19)25-15-26(32-28(31-25)33-39(36,37)24-16-30-34(3)18-24)38-23-12-14-35(17-23)13-11-21-7-9-22(29)10-8-21/h4-10,15-16,18,23H,11-14,17H2,1-3H3,(H,31,32,33). The van der Waals surface area contributed by atoms with Gasteiger partial charge in [-0.3, -0.25) is 9.58 Å². The monoisotopic (exact) mass is 566 g/mol. The zero-order valence-electron chi connectivity index (χ0n) is 22.1. The Labute approximate surface area is 233 Å². The summed E-state index contributed by atoms with van der Waals surface area (Å²) in [6, 6.07) is 15.7. The minimum absolute atomic E-state index is 0.0284. The summed E-state index contributed by atoms with van der Waals surface area (Å²) in [5.74, 6) is 0.280. The number of hydrogen-bond donors (Lipinski definition) is 1. The molecular weight excluding hydrogens is 536 g/mol. The first-order valence-corrected chi connectivity index (χ1v) is 14.6. The van der Waals surface area contributed by atoms with Crippen molar-refractivity contribution in [1.29, 1.82) is 0 Å². The molecule has 0 radical (unpaired) electrons. The molecule has 39 heavy (non-hydrogen) atoms. The number of sulfonamides is 1. The number of likely N-dealkylation sites (tertiary alicyclic amines) is 1. The zero-order valence-corrected chi connectivity index (χ0v) is 23.7. The lowest BCUT2D eigenvalue weighted by atomic mass is 10.00. The summed E-state index contributed by atoms with van der Waals surface area (Å²) in [5, 5.41) is 4.70. The summed E-state index contributed by atoms with van der Waals surface area (Å²) in [5.41, 5.74) is 4.80. The van der Waals surface area contributed by atoms with Gasteiger partial charge in [-0.15, -0.1) is 0 Å². The summed E-state index contributed by atoms with van der Waals surface area (Å²) in [6.45, 7) is 6.58. The lowest BCUT2D eigenvalue weighted by molar-refractivity contribution is 0.193. The highest BCUT2D eigenvalue weighted by atomic mass is 35.5. The molecule has 0 spiro atoms. The molecule has 11 heteroatoms. The van der Waals surface area contributed by atoms with Crippen molar-refractivity contribution in [3.8, 4) is 17.1 Å². The number of rotatable bonds is 9. The Bertz CT molecular complexity index is 1550. The third-order valence-corrected chi connectivity index (χ3v) is 8.34. The summed E-state index contributed by atoms with van der Waals surface area (Å²) < 4.78 is 36.3. The van der Waals surface area contributed by atoms with E-state index in [4.69, 9.17) is 16.3 Å². The van der Waals surface area contributed by atoms with Crippen molar-refractivity contribution in [2.24, 2.45) is 7.05 Å². The van der Waals surface area contributed by atoms with Gasteiger partial charge in [-0.1, -0.05) is 41.9 Å². The molecule has 1 unspecified atom stereocenters. The van der Waals surface area contributed by atoms with Gasteiger partial charge in [0.05, 0.1) is 11.9 Å². The topological polar surface area (TPSA) is 102 Å². The van der Waals surface area contributed by atoms with Gasteiger partial charge >= 0.3 is 0 Å². The van der Waals surface area contributed by atoms with Gasteiger partial charge in [0.2, 0.25) is 11.8 Å². The van der Waals surface area contributed by atoms with Crippen LogP contribution in [0.25, 0.3) is 11.3 Å². The second-order valence-corrected chi connectivity index (χ2v) is 12.0. The third kappa shape index (κ3) is 6.58. The molecule has 9 nitrogen and oxygen atoms in total. The van der Waals surface area contributed by atoms with E-state index in [0.717, 1.165) is 54.2 Å². The van der Waals surface area contributed by atoms with E-state index < -0.39 is 10.0 Å². The Kier molecular flexibility index (Phi) is 7.88. The van der Waals surface area contributed by atoms with Gasteiger partial charge in [-0.05, 0) is 55.5 Å². The van der Waals surface area contributed by atoms with Crippen LogP contribution < -0.4 is 9.46 Å². The molecule has 0 amide bonds. The predicted molar refractivity (Wildman–Crippen MR) is 152 cm³/mol. The molecule has 2 aromatic heterocycles. The Morgan fingerprint density at radius 3 is 2.54 bits per heavy atom. The van der Waals surface area contributed by atoms with E-state index in [1.165, 1.54) is 22.6 Å². The molecule has 0 saturated carbocycles. The first-order chi connectivity index (χ1) is 18.7. The lowest BCUT2D eigenvalue weighted by Crippen LogP contribution is -2.27. The molecule has 5 rings (SSSR count). The van der Waals surface area contributed by atoms with Crippen molar-refractivity contribution in [2.75, 3.05) is 24.4 Å². The lowest BCUT2D eigenvalue weighted by Gasteiger charge is -2.18. The number of nitrogens with zero attached hydrogens (tertiary/aromatic N) is 5. The number of hydrogen-bond acceptors (Lipinski definition) is 7. The highest BCUT2D eigenvalue weighted by Gasteiger charge is 2.26. The first-order valence-electron chi connectivity index (χ1n) is 12.8. The number of halogens is 1. The molecular formula is C28H31ClN6O3S. The number of benzene rings is 2. The largest absolute Gasteiger partial charge is 0.473 e. The van der Waals surface area contributed by atoms with Crippen molar-refractivity contribution in [2.45, 2.75) is 37.7 Å². The molecule has 3 heterocycles. The fraction of sp³-hybridized carbons (Fsp3) is 0.321. The van der Waals surface area contributed by atoms with Crippen molar-refractivity contribution < 1.29 is 13.2 Å². The van der Waals surface area contributed by atoms with E-state index >= 15 is 0 Å². The van der Waals surface area contributed by atoms with Crippen molar-refractivity contribution >= 4 is 27.6 Å². The molecule has 4 aromatic rings. The van der Waals surface area contributed by atoms with Gasteiger partial charge in [0.15, 0.2) is 0 Å². The molecule has 1 fully saturated rings. The zero-order chi connectivity index (χ0) is 27.6. The molecule has 0 aliphatic carbocycles. The Hall–Kier alpha value is -3.47. The van der Waals surface area contributed by atoms with Crippen LogP contribution in [0.3, 0.4) is 0 Å². The maximum atomic E-state index is 13.0. The number of aromatic nitrogens is 4. The predicted octanol–water partition coefficient (Wildman–Crippen LogP) is 4.64. The fourth-order valence-electron chi connectivity index (χ4n) is 4.80. The van der Waals surface area contributed by atoms with Crippen LogP contribution in [0.15, 0.2) is 65.8 Å². The highest BCUT2D eigenvalue weighted by molar-refractivity contribution is 7.92. The molecule has 1 aliphatic heterocycles. The smallest absolute Gasteiger partial charge is 0.267 e. The van der Waals surface area contributed by atoms with E-state index in [1.54, 1.807) is 13.1 Å². The van der Waals surface area contributed by atoms with Gasteiger partial charge in [-0.25, -0.2) is 18.1 Å². The number of nitrogens with one attached hydrogen (secondary N) is 1. The maximum absolute atomic E-state index is 13.0. The maximum Gasteiger partial charge on any atom is 0.267 e. The van der Waals surface area contributed by atoms with Crippen LogP contribution in [0.1, 0.15) is 23.1 Å². The normalized spacial score (nSPS) is 15.9. The molecule has 1 N–H and O–H groups in total. The minimum atomic E-state index is -3.93. The Morgan fingerprint density at radius 1 is 1.10 bits per heavy atom.